The zero-order chi connectivity index (χ0) is 11.0. The molecule has 0 radical (unpaired) electrons. The van der Waals surface area contributed by atoms with Crippen LogP contribution in [0.15, 0.2) is 0 Å². The third-order valence-corrected chi connectivity index (χ3v) is 6.39. The van der Waals surface area contributed by atoms with E-state index in [2.05, 4.69) is 12.9 Å². The van der Waals surface area contributed by atoms with Crippen molar-refractivity contribution < 1.29 is 14.2 Å². The van der Waals surface area contributed by atoms with Gasteiger partial charge in [-0.25, -0.2) is 0 Å². The molecule has 0 aromatic rings. The zero-order valence-corrected chi connectivity index (χ0v) is 12.5. The highest BCUT2D eigenvalue weighted by Crippen LogP contribution is 2.47. The van der Waals surface area contributed by atoms with Crippen LogP contribution in [-0.2, 0) is 14.2 Å². The molecule has 4 rings (SSSR count). The Labute approximate surface area is 112 Å². The highest BCUT2D eigenvalue weighted by Gasteiger charge is 2.53. The predicted octanol–water partition coefficient (Wildman–Crippen LogP) is 2.61. The summed E-state index contributed by atoms with van der Waals surface area (Å²) in [5.74, 6) is 0. The van der Waals surface area contributed by atoms with Crippen molar-refractivity contribution >= 4 is 31.1 Å². The lowest BCUT2D eigenvalue weighted by Gasteiger charge is -2.55. The van der Waals surface area contributed by atoms with Crippen LogP contribution in [-0.4, -0.2) is 42.5 Å². The number of halogens is 1. The molecule has 2 atom stereocenters. The van der Waals surface area contributed by atoms with Gasteiger partial charge in [-0.15, -0.1) is 4.55 Å². The minimum Gasteiger partial charge on any atom is -0.326 e. The molecule has 4 aliphatic rings. The van der Waals surface area contributed by atoms with E-state index in [1.807, 2.05) is 0 Å². The van der Waals surface area contributed by atoms with Crippen molar-refractivity contribution in [3.63, 3.8) is 0 Å². The molecule has 3 saturated heterocycles. The van der Waals surface area contributed by atoms with Gasteiger partial charge in [-0.3, -0.25) is 0 Å². The van der Waals surface area contributed by atoms with Crippen LogP contribution in [0, 0.1) is 0 Å². The number of unbranched alkanes of at least 4 members (excludes halogenated alkanes) is 1. The Hall–Kier alpha value is 1.13. The molecular weight excluding hydrogens is 284 g/mol. The summed E-state index contributed by atoms with van der Waals surface area (Å²) in [6.45, 7) is -0.350. The summed E-state index contributed by atoms with van der Waals surface area (Å²) in [5.41, 5.74) is 0.0998. The van der Waals surface area contributed by atoms with Crippen LogP contribution in [0.5, 0.6) is 0 Å². The topological polar surface area (TPSA) is 27.7 Å². The number of hydrogen-bond acceptors (Lipinski definition) is 3. The van der Waals surface area contributed by atoms with Crippen LogP contribution in [0.4, 0.5) is 0 Å². The maximum absolute atomic E-state index is 5.95. The van der Waals surface area contributed by atoms with Crippen LogP contribution in [0.1, 0.15) is 38.5 Å². The van der Waals surface area contributed by atoms with E-state index in [1.54, 1.807) is 0 Å². The normalized spacial score (nSPS) is 44.7. The SMILES string of the molecule is [Br][Mg][CH2]CCCC12CC3CC(C1)OC(O3)O2. The summed E-state index contributed by atoms with van der Waals surface area (Å²) in [4.78, 5) is 0. The lowest BCUT2D eigenvalue weighted by Crippen LogP contribution is -2.61. The van der Waals surface area contributed by atoms with Crippen LogP contribution in [0.25, 0.3) is 0 Å². The van der Waals surface area contributed by atoms with Gasteiger partial charge >= 0.3 is 18.2 Å². The molecule has 2 unspecified atom stereocenters. The summed E-state index contributed by atoms with van der Waals surface area (Å²) in [6, 6.07) is 0. The van der Waals surface area contributed by atoms with Gasteiger partial charge in [0.15, 0.2) is 0 Å². The molecule has 1 aliphatic carbocycles. The molecule has 3 heterocycles. The molecule has 4 fully saturated rings. The van der Waals surface area contributed by atoms with E-state index in [9.17, 15) is 0 Å². The molecule has 0 amide bonds. The van der Waals surface area contributed by atoms with Crippen molar-refractivity contribution in [1.82, 2.24) is 0 Å². The minimum absolute atomic E-state index is 0.0640. The van der Waals surface area contributed by atoms with Crippen LogP contribution in [0.3, 0.4) is 0 Å². The molecule has 5 heteroatoms. The molecule has 0 aromatic heterocycles. The summed E-state index contributed by atoms with van der Waals surface area (Å²) in [5, 5.41) is 0. The fraction of sp³-hybridized carbons (Fsp3) is 1.00. The van der Waals surface area contributed by atoms with E-state index in [0.717, 1.165) is 19.3 Å². The maximum Gasteiger partial charge on any atom is 0.468 e. The number of ether oxygens (including phenoxy) is 3. The average Bonchev–Trinajstić information content (AvgIpc) is 2.22. The van der Waals surface area contributed by atoms with Crippen LogP contribution >= 0.6 is 12.9 Å². The standard InChI is InChI=1S/C11H17O3.BrH.Mg/c1-2-3-4-11-6-8-5-9(7-11)13-10(12-8)14-11;;/h8-10H,1-7H2;1H;/q;;+1/p-1. The summed E-state index contributed by atoms with van der Waals surface area (Å²) < 4.78 is 18.6. The monoisotopic (exact) mass is 300 g/mol. The highest BCUT2D eigenvalue weighted by molar-refractivity contribution is 9.23. The second kappa shape index (κ2) is 5.01. The summed E-state index contributed by atoms with van der Waals surface area (Å²) in [6.07, 6.45) is 7.91. The second-order valence-corrected chi connectivity index (χ2v) is 8.71. The average molecular weight is 301 g/mol. The van der Waals surface area contributed by atoms with Gasteiger partial charge in [0, 0.05) is 19.3 Å². The lowest BCUT2D eigenvalue weighted by molar-refractivity contribution is -0.450. The summed E-state index contributed by atoms with van der Waals surface area (Å²) >= 11 is 3.68. The molecule has 1 saturated carbocycles. The van der Waals surface area contributed by atoms with Crippen molar-refractivity contribution in [2.24, 2.45) is 0 Å². The van der Waals surface area contributed by atoms with Gasteiger partial charge in [0.25, 0.3) is 6.48 Å². The molecule has 0 aromatic carbocycles. The Kier molecular flexibility index (Phi) is 3.82. The number of hydrogen-bond donors (Lipinski definition) is 0. The van der Waals surface area contributed by atoms with Crippen molar-refractivity contribution in [1.29, 1.82) is 0 Å². The third-order valence-electron chi connectivity index (χ3n) is 3.94. The van der Waals surface area contributed by atoms with E-state index >= 15 is 0 Å². The minimum atomic E-state index is -0.350. The second-order valence-electron chi connectivity index (χ2n) is 5.25. The van der Waals surface area contributed by atoms with Gasteiger partial charge in [-0.05, 0) is 6.42 Å². The Balaban J connectivity index is 1.56. The summed E-state index contributed by atoms with van der Waals surface area (Å²) in [7, 11) is 0. The van der Waals surface area contributed by atoms with Crippen LogP contribution in [0.2, 0.25) is 4.55 Å². The molecule has 3 nitrogen and oxygen atoms in total. The first-order valence-electron chi connectivity index (χ1n) is 6.34. The van der Waals surface area contributed by atoms with E-state index in [1.165, 1.54) is 23.8 Å². The zero-order valence-electron chi connectivity index (χ0n) is 9.49. The molecule has 88 valence electrons. The van der Waals surface area contributed by atoms with Crippen molar-refractivity contribution in [2.75, 3.05) is 0 Å². The largest absolute Gasteiger partial charge is 0.468 e. The Bertz CT molecular complexity index is 226. The predicted molar refractivity (Wildman–Crippen MR) is 64.5 cm³/mol. The van der Waals surface area contributed by atoms with E-state index in [0.29, 0.717) is 12.2 Å². The molecule has 0 spiro atoms. The first-order valence-corrected chi connectivity index (χ1v) is 11.2. The van der Waals surface area contributed by atoms with E-state index < -0.39 is 0 Å². The third kappa shape index (κ3) is 2.45. The van der Waals surface area contributed by atoms with Gasteiger partial charge in [-0.2, -0.15) is 0 Å². The smallest absolute Gasteiger partial charge is 0.326 e. The fourth-order valence-corrected chi connectivity index (χ4v) is 5.00. The van der Waals surface area contributed by atoms with E-state index in [-0.39, 0.29) is 30.3 Å². The molecule has 4 bridgehead atoms. The quantitative estimate of drug-likeness (QED) is 0.577. The van der Waals surface area contributed by atoms with Gasteiger partial charge in [0.05, 0.1) is 17.8 Å². The molecule has 16 heavy (non-hydrogen) atoms. The van der Waals surface area contributed by atoms with Gasteiger partial charge in [0.2, 0.25) is 0 Å². The van der Waals surface area contributed by atoms with Gasteiger partial charge < -0.3 is 27.1 Å². The van der Waals surface area contributed by atoms with Crippen LogP contribution < -0.4 is 0 Å². The Morgan fingerprint density at radius 1 is 1.19 bits per heavy atom. The molecular formula is C11H17BrMgO3. The van der Waals surface area contributed by atoms with Crippen molar-refractivity contribution in [2.45, 2.75) is 67.4 Å². The van der Waals surface area contributed by atoms with Crippen molar-refractivity contribution in [3.05, 3.63) is 0 Å². The first-order chi connectivity index (χ1) is 7.80. The number of rotatable bonds is 5. The van der Waals surface area contributed by atoms with E-state index in [4.69, 9.17) is 14.2 Å². The van der Waals surface area contributed by atoms with Crippen molar-refractivity contribution in [3.8, 4) is 0 Å². The lowest BCUT2D eigenvalue weighted by atomic mass is 9.76. The fourth-order valence-electron chi connectivity index (χ4n) is 3.26. The Morgan fingerprint density at radius 3 is 2.56 bits per heavy atom. The highest BCUT2D eigenvalue weighted by atomic mass is 79.9. The van der Waals surface area contributed by atoms with Gasteiger partial charge in [0.1, 0.15) is 0 Å². The molecule has 0 N–H and O–H groups in total. The molecule has 3 aliphatic heterocycles. The maximum atomic E-state index is 5.95. The first kappa shape index (κ1) is 12.2. The van der Waals surface area contributed by atoms with Gasteiger partial charge in [-0.1, -0.05) is 12.8 Å². The Morgan fingerprint density at radius 2 is 1.94 bits per heavy atom.